The summed E-state index contributed by atoms with van der Waals surface area (Å²) in [5.74, 6) is 0.121. The van der Waals surface area contributed by atoms with Gasteiger partial charge in [0.15, 0.2) is 11.5 Å². The van der Waals surface area contributed by atoms with Crippen LogP contribution in [0.15, 0.2) is 82.6 Å². The first-order valence-electron chi connectivity index (χ1n) is 20.9. The molecule has 0 amide bonds. The van der Waals surface area contributed by atoms with Gasteiger partial charge in [-0.15, -0.1) is 0 Å². The summed E-state index contributed by atoms with van der Waals surface area (Å²) in [5, 5.41) is 20.4. The molecule has 0 radical (unpaired) electrons. The number of unbranched alkanes of at least 4 members (excludes halogenated alkanes) is 10. The average Bonchev–Trinajstić information content (AvgIpc) is 3.52. The molecule has 0 atom stereocenters. The smallest absolute Gasteiger partial charge is 0.344 e. The lowest BCUT2D eigenvalue weighted by molar-refractivity contribution is -0.438. The summed E-state index contributed by atoms with van der Waals surface area (Å²) in [6, 6.07) is 13.6. The normalized spacial score (nSPS) is 18.0. The van der Waals surface area contributed by atoms with Crippen molar-refractivity contribution in [2.45, 2.75) is 136 Å². The first-order valence-corrected chi connectivity index (χ1v) is 20.9. The minimum absolute atomic E-state index is 0.0900. The molecule has 5 rings (SSSR count). The first kappa shape index (κ1) is 42.3. The number of benzene rings is 2. The SMILES string of the molecule is CCCCCCCCN1/C(=C/C2=C(C(=C=[N-])C(=O)OCC)C(=C/C3=[N+](CCCCCCCC)c4ccccc4C3(C)C)/C2=O)C(C)(C)c2cc(C(=O)O)ccc21. The molecule has 0 aromatic heterocycles. The van der Waals surface area contributed by atoms with Crippen molar-refractivity contribution in [3.8, 4) is 0 Å². The molecule has 1 N–H and O–H groups in total. The molecule has 8 nitrogen and oxygen atoms in total. The number of carboxylic acid groups (broad SMARTS) is 1. The van der Waals surface area contributed by atoms with Crippen LogP contribution in [0.3, 0.4) is 0 Å². The predicted octanol–water partition coefficient (Wildman–Crippen LogP) is 10.7. The van der Waals surface area contributed by atoms with E-state index < -0.39 is 22.8 Å². The van der Waals surface area contributed by atoms with Gasteiger partial charge in [0.05, 0.1) is 23.2 Å². The Morgan fingerprint density at radius 2 is 1.48 bits per heavy atom. The Bertz CT molecular complexity index is 2020. The van der Waals surface area contributed by atoms with Crippen LogP contribution in [0, 0.1) is 0 Å². The molecule has 0 saturated heterocycles. The highest BCUT2D eigenvalue weighted by Gasteiger charge is 2.48. The lowest BCUT2D eigenvalue weighted by Crippen LogP contribution is -2.33. The first-order chi connectivity index (χ1) is 26.8. The van der Waals surface area contributed by atoms with Crippen LogP contribution in [-0.2, 0) is 25.2 Å². The van der Waals surface area contributed by atoms with Gasteiger partial charge in [-0.3, -0.25) is 10.7 Å². The highest BCUT2D eigenvalue weighted by Crippen LogP contribution is 2.50. The van der Waals surface area contributed by atoms with Crippen molar-refractivity contribution >= 4 is 40.7 Å². The number of anilines is 1. The summed E-state index contributed by atoms with van der Waals surface area (Å²) in [4.78, 5) is 42.4. The van der Waals surface area contributed by atoms with Crippen molar-refractivity contribution in [2.24, 2.45) is 0 Å². The topological polar surface area (TPSA) is 109 Å². The van der Waals surface area contributed by atoms with Gasteiger partial charge in [-0.1, -0.05) is 104 Å². The zero-order chi connectivity index (χ0) is 40.6. The second-order valence-electron chi connectivity index (χ2n) is 16.4. The number of hydrogen-bond donors (Lipinski definition) is 1. The number of hydrogen-bond acceptors (Lipinski definition) is 5. The van der Waals surface area contributed by atoms with E-state index in [4.69, 9.17) is 4.74 Å². The van der Waals surface area contributed by atoms with Crippen LogP contribution >= 0.6 is 0 Å². The third-order valence-electron chi connectivity index (χ3n) is 11.8. The Balaban J connectivity index is 1.65. The van der Waals surface area contributed by atoms with Crippen LogP contribution in [0.2, 0.25) is 0 Å². The molecule has 0 saturated carbocycles. The molecule has 2 heterocycles. The maximum Gasteiger partial charge on any atom is 0.344 e. The number of carbonyl (C=O) groups is 3. The molecular weight excluding hydrogens is 699 g/mol. The average molecular weight is 760 g/mol. The minimum Gasteiger partial charge on any atom is -0.763 e. The van der Waals surface area contributed by atoms with Crippen LogP contribution in [0.25, 0.3) is 5.41 Å². The molecule has 2 aromatic rings. The maximum absolute atomic E-state index is 14.6. The summed E-state index contributed by atoms with van der Waals surface area (Å²) < 4.78 is 7.71. The van der Waals surface area contributed by atoms with Gasteiger partial charge in [-0.2, -0.15) is 4.58 Å². The number of carbonyl (C=O) groups excluding carboxylic acids is 2. The predicted molar refractivity (Wildman–Crippen MR) is 226 cm³/mol. The van der Waals surface area contributed by atoms with Crippen molar-refractivity contribution in [3.63, 3.8) is 0 Å². The lowest BCUT2D eigenvalue weighted by atomic mass is 9.73. The van der Waals surface area contributed by atoms with Gasteiger partial charge in [0.25, 0.3) is 0 Å². The summed E-state index contributed by atoms with van der Waals surface area (Å²) in [5.41, 5.74) is 5.67. The van der Waals surface area contributed by atoms with E-state index in [1.54, 1.807) is 19.1 Å². The highest BCUT2D eigenvalue weighted by molar-refractivity contribution is 6.29. The number of aromatic carboxylic acids is 1. The molecule has 0 spiro atoms. The summed E-state index contributed by atoms with van der Waals surface area (Å²) in [6.07, 6.45) is 17.4. The van der Waals surface area contributed by atoms with E-state index in [1.807, 2.05) is 44.2 Å². The molecule has 3 aliphatic rings. The molecule has 298 valence electrons. The Kier molecular flexibility index (Phi) is 13.9. The standard InChI is InChI=1S/C48H61N3O5/c1-8-11-13-15-17-21-27-50-39-24-20-19-23-37(39)47(4,5)41(50)30-34-43(36(32-49)46(55)56-10-3)35(44(34)52)31-42-48(6,7)38-29-33(45(53)54)25-26-40(38)51(42)28-22-18-16-14-12-9-2/h19-20,23-26,29-31H,8-18,21-22,27-28H2,1-7H3,(H,53,54). The molecule has 1 aliphatic carbocycles. The van der Waals surface area contributed by atoms with Crippen molar-refractivity contribution in [3.05, 3.63) is 105 Å². The largest absolute Gasteiger partial charge is 0.763 e. The Hall–Kier alpha value is -4.81. The van der Waals surface area contributed by atoms with E-state index in [-0.39, 0.29) is 23.5 Å². The molecule has 8 heteroatoms. The number of rotatable bonds is 20. The van der Waals surface area contributed by atoms with Crippen molar-refractivity contribution in [2.75, 3.05) is 24.6 Å². The second kappa shape index (κ2) is 18.4. The van der Waals surface area contributed by atoms with Crippen molar-refractivity contribution < 1.29 is 28.8 Å². The van der Waals surface area contributed by atoms with Gasteiger partial charge in [0.2, 0.25) is 5.69 Å². The number of Topliss-reactive ketones (excluding diaryl/α,β-unsaturated/α-hetero) is 1. The van der Waals surface area contributed by atoms with Gasteiger partial charge < -0.3 is 20.2 Å². The van der Waals surface area contributed by atoms with E-state index in [2.05, 4.69) is 55.2 Å². The fraction of sp³-hybridized carbons (Fsp3) is 0.500. The van der Waals surface area contributed by atoms with E-state index in [0.717, 1.165) is 67.0 Å². The van der Waals surface area contributed by atoms with Gasteiger partial charge in [0.1, 0.15) is 6.54 Å². The van der Waals surface area contributed by atoms with Crippen molar-refractivity contribution in [1.82, 2.24) is 0 Å². The highest BCUT2D eigenvalue weighted by atomic mass is 16.5. The Morgan fingerprint density at radius 1 is 0.839 bits per heavy atom. The number of ketones is 1. The Morgan fingerprint density at radius 3 is 2.12 bits per heavy atom. The van der Waals surface area contributed by atoms with Crippen LogP contribution in [-0.4, -0.2) is 58.7 Å². The second-order valence-corrected chi connectivity index (χ2v) is 16.4. The third-order valence-corrected chi connectivity index (χ3v) is 11.8. The molecule has 0 bridgehead atoms. The quantitative estimate of drug-likeness (QED) is 0.0473. The van der Waals surface area contributed by atoms with E-state index in [0.29, 0.717) is 23.3 Å². The number of carboxylic acids is 1. The van der Waals surface area contributed by atoms with Crippen LogP contribution in [0.1, 0.15) is 147 Å². The fourth-order valence-corrected chi connectivity index (χ4v) is 8.63. The van der Waals surface area contributed by atoms with E-state index >= 15 is 0 Å². The summed E-state index contributed by atoms with van der Waals surface area (Å²) >= 11 is 0. The van der Waals surface area contributed by atoms with Gasteiger partial charge >= 0.3 is 11.9 Å². The van der Waals surface area contributed by atoms with Gasteiger partial charge in [-0.05, 0) is 63.5 Å². The number of allylic oxidation sites excluding steroid dienone is 5. The molecule has 56 heavy (non-hydrogen) atoms. The molecular formula is C48H61N3O5. The maximum atomic E-state index is 14.6. The summed E-state index contributed by atoms with van der Waals surface area (Å²) in [6.45, 7) is 16.1. The number of esters is 1. The Labute approximate surface area is 334 Å². The van der Waals surface area contributed by atoms with E-state index in [9.17, 15) is 24.9 Å². The van der Waals surface area contributed by atoms with Gasteiger partial charge in [-0.25, -0.2) is 9.59 Å². The summed E-state index contributed by atoms with van der Waals surface area (Å²) in [7, 11) is 0. The minimum atomic E-state index is -1.000. The molecule has 0 fully saturated rings. The zero-order valence-electron chi connectivity index (χ0n) is 34.7. The number of ether oxygens (including phenoxy) is 1. The van der Waals surface area contributed by atoms with Crippen molar-refractivity contribution in [1.29, 1.82) is 0 Å². The number of fused-ring (bicyclic) bond motifs is 2. The lowest BCUT2D eigenvalue weighted by Gasteiger charge is -2.31. The van der Waals surface area contributed by atoms with Crippen LogP contribution in [0.5, 0.6) is 0 Å². The molecule has 2 aromatic carbocycles. The zero-order valence-corrected chi connectivity index (χ0v) is 34.7. The van der Waals surface area contributed by atoms with E-state index in [1.165, 1.54) is 50.5 Å². The number of para-hydroxylation sites is 1. The van der Waals surface area contributed by atoms with Crippen LogP contribution < -0.4 is 4.90 Å². The third kappa shape index (κ3) is 8.46. The molecule has 0 unspecified atom stereocenters. The number of nitrogens with zero attached hydrogens (tertiary/aromatic N) is 3. The molecule has 2 aliphatic heterocycles. The van der Waals surface area contributed by atoms with Crippen LogP contribution in [0.4, 0.5) is 11.4 Å². The fourth-order valence-electron chi connectivity index (χ4n) is 8.63. The monoisotopic (exact) mass is 759 g/mol. The van der Waals surface area contributed by atoms with Gasteiger partial charge in [0, 0.05) is 64.2 Å².